The van der Waals surface area contributed by atoms with E-state index >= 15 is 0 Å². The van der Waals surface area contributed by atoms with Gasteiger partial charge < -0.3 is 20.3 Å². The van der Waals surface area contributed by atoms with Gasteiger partial charge in [0.25, 0.3) is 5.91 Å². The molecule has 1 unspecified atom stereocenters. The van der Waals surface area contributed by atoms with Crippen LogP contribution in [-0.2, 0) is 4.74 Å². The number of unbranched alkanes of at least 4 members (excludes halogenated alkanes) is 1. The summed E-state index contributed by atoms with van der Waals surface area (Å²) in [5.74, 6) is 0.332. The van der Waals surface area contributed by atoms with Crippen LogP contribution in [0, 0.1) is 5.92 Å². The Hall–Kier alpha value is -3.14. The highest BCUT2D eigenvalue weighted by Gasteiger charge is 2.27. The highest BCUT2D eigenvalue weighted by Crippen LogP contribution is 2.29. The second kappa shape index (κ2) is 12.2. The molecule has 0 aliphatic carbocycles. The van der Waals surface area contributed by atoms with Crippen LogP contribution in [-0.4, -0.2) is 63.8 Å². The second-order valence-corrected chi connectivity index (χ2v) is 10.2. The zero-order valence-corrected chi connectivity index (χ0v) is 22.1. The minimum atomic E-state index is -0.206. The van der Waals surface area contributed by atoms with Crippen LogP contribution in [0.1, 0.15) is 62.5 Å². The van der Waals surface area contributed by atoms with Crippen LogP contribution in [0.15, 0.2) is 30.0 Å². The maximum Gasteiger partial charge on any atom is 0.409 e. The van der Waals surface area contributed by atoms with Gasteiger partial charge in [-0.15, -0.1) is 11.3 Å². The zero-order valence-electron chi connectivity index (χ0n) is 21.3. The molecule has 1 saturated heterocycles. The van der Waals surface area contributed by atoms with E-state index in [0.29, 0.717) is 23.9 Å². The first-order chi connectivity index (χ1) is 17.5. The number of nitrogens with zero attached hydrogens (tertiary/aromatic N) is 4. The standard InChI is InChI=1S/C26H36N6O3S/c1-4-7-10-35-26(34)31-9-8-18(15-31)12-27-21-13-28-24-22(14-29-32(24)16-21)19-11-23(36-17-19)25(33)30-20(5-2)6-3/h11,13-14,16-18,20,27H,4-10,12,15H2,1-3H3,(H,30,33). The van der Waals surface area contributed by atoms with Crippen molar-refractivity contribution in [3.63, 3.8) is 0 Å². The molecule has 9 nitrogen and oxygen atoms in total. The largest absolute Gasteiger partial charge is 0.449 e. The molecule has 0 bridgehead atoms. The number of ether oxygens (including phenoxy) is 1. The third-order valence-electron chi connectivity index (χ3n) is 6.67. The molecular formula is C26H36N6O3S. The van der Waals surface area contributed by atoms with Crippen molar-refractivity contribution in [2.24, 2.45) is 5.92 Å². The summed E-state index contributed by atoms with van der Waals surface area (Å²) in [5, 5.41) is 13.0. The van der Waals surface area contributed by atoms with Crippen LogP contribution in [0.25, 0.3) is 16.8 Å². The van der Waals surface area contributed by atoms with Gasteiger partial charge in [0.1, 0.15) is 0 Å². The Kier molecular flexibility index (Phi) is 8.79. The minimum Gasteiger partial charge on any atom is -0.449 e. The van der Waals surface area contributed by atoms with Crippen molar-refractivity contribution in [2.75, 3.05) is 31.6 Å². The summed E-state index contributed by atoms with van der Waals surface area (Å²) in [6, 6.07) is 2.10. The first-order valence-corrected chi connectivity index (χ1v) is 13.8. The van der Waals surface area contributed by atoms with Crippen LogP contribution in [0.2, 0.25) is 0 Å². The summed E-state index contributed by atoms with van der Waals surface area (Å²) in [7, 11) is 0. The number of nitrogens with one attached hydrogen (secondary N) is 2. The van der Waals surface area contributed by atoms with E-state index in [4.69, 9.17) is 4.74 Å². The molecule has 2 N–H and O–H groups in total. The molecule has 1 atom stereocenters. The monoisotopic (exact) mass is 512 g/mol. The Morgan fingerprint density at radius 3 is 2.86 bits per heavy atom. The molecule has 4 rings (SSSR count). The van der Waals surface area contributed by atoms with Gasteiger partial charge in [-0.05, 0) is 48.6 Å². The third kappa shape index (κ3) is 6.16. The highest BCUT2D eigenvalue weighted by atomic mass is 32.1. The molecule has 3 aromatic rings. The summed E-state index contributed by atoms with van der Waals surface area (Å²) in [5.41, 5.74) is 3.45. The minimum absolute atomic E-state index is 0.0319. The number of carbonyl (C=O) groups excluding carboxylic acids is 2. The topological polar surface area (TPSA) is 101 Å². The van der Waals surface area contributed by atoms with E-state index in [1.807, 2.05) is 17.6 Å². The fraction of sp³-hybridized carbons (Fsp3) is 0.538. The van der Waals surface area contributed by atoms with Crippen molar-refractivity contribution in [3.05, 3.63) is 34.9 Å². The van der Waals surface area contributed by atoms with Crippen molar-refractivity contribution in [2.45, 2.75) is 58.9 Å². The molecule has 3 aromatic heterocycles. The quantitative estimate of drug-likeness (QED) is 0.349. The van der Waals surface area contributed by atoms with E-state index in [0.717, 1.165) is 67.7 Å². The maximum atomic E-state index is 12.6. The predicted octanol–water partition coefficient (Wildman–Crippen LogP) is 5.05. The van der Waals surface area contributed by atoms with Crippen molar-refractivity contribution >= 4 is 34.7 Å². The molecule has 0 radical (unpaired) electrons. The fourth-order valence-corrected chi connectivity index (χ4v) is 5.15. The smallest absolute Gasteiger partial charge is 0.409 e. The molecule has 4 heterocycles. The number of amides is 2. The molecule has 0 aromatic carbocycles. The van der Waals surface area contributed by atoms with Gasteiger partial charge in [-0.1, -0.05) is 27.2 Å². The van der Waals surface area contributed by atoms with E-state index < -0.39 is 0 Å². The first kappa shape index (κ1) is 25.9. The average molecular weight is 513 g/mol. The molecular weight excluding hydrogens is 476 g/mol. The van der Waals surface area contributed by atoms with Gasteiger partial charge in [-0.3, -0.25) is 4.79 Å². The van der Waals surface area contributed by atoms with Crippen LogP contribution in [0.5, 0.6) is 0 Å². The maximum absolute atomic E-state index is 12.6. The lowest BCUT2D eigenvalue weighted by atomic mass is 10.1. The summed E-state index contributed by atoms with van der Waals surface area (Å²) >= 11 is 1.43. The number of rotatable bonds is 11. The molecule has 1 fully saturated rings. The van der Waals surface area contributed by atoms with E-state index in [2.05, 4.69) is 41.5 Å². The number of carbonyl (C=O) groups is 2. The SMILES string of the molecule is CCCCOC(=O)N1CCC(CNc2cnc3c(-c4csc(C(=O)NC(CC)CC)c4)cnn3c2)C1. The Balaban J connectivity index is 1.34. The number of aromatic nitrogens is 3. The number of fused-ring (bicyclic) bond motifs is 1. The molecule has 2 amide bonds. The van der Waals surface area contributed by atoms with Gasteiger partial charge in [-0.2, -0.15) is 5.10 Å². The lowest BCUT2D eigenvalue weighted by Gasteiger charge is -2.16. The van der Waals surface area contributed by atoms with Crippen molar-refractivity contribution in [3.8, 4) is 11.1 Å². The van der Waals surface area contributed by atoms with Gasteiger partial charge in [0, 0.05) is 31.2 Å². The van der Waals surface area contributed by atoms with E-state index in [1.165, 1.54) is 11.3 Å². The summed E-state index contributed by atoms with van der Waals surface area (Å²) in [6.07, 6.45) is 10.0. The number of likely N-dealkylation sites (tertiary alicyclic amines) is 1. The molecule has 1 aliphatic heterocycles. The summed E-state index contributed by atoms with van der Waals surface area (Å²) in [6.45, 7) is 8.91. The third-order valence-corrected chi connectivity index (χ3v) is 7.60. The lowest BCUT2D eigenvalue weighted by molar-refractivity contribution is 0.0938. The Labute approximate surface area is 216 Å². The second-order valence-electron chi connectivity index (χ2n) is 9.31. The number of hydrogen-bond acceptors (Lipinski definition) is 7. The summed E-state index contributed by atoms with van der Waals surface area (Å²) < 4.78 is 7.08. The predicted molar refractivity (Wildman–Crippen MR) is 143 cm³/mol. The van der Waals surface area contributed by atoms with Gasteiger partial charge in [0.05, 0.1) is 35.8 Å². The van der Waals surface area contributed by atoms with Crippen LogP contribution in [0.3, 0.4) is 0 Å². The number of hydrogen-bond donors (Lipinski definition) is 2. The van der Waals surface area contributed by atoms with Crippen molar-refractivity contribution in [1.82, 2.24) is 24.8 Å². The van der Waals surface area contributed by atoms with E-state index in [9.17, 15) is 9.59 Å². The van der Waals surface area contributed by atoms with E-state index in [1.54, 1.807) is 21.8 Å². The number of thiophene rings is 1. The Morgan fingerprint density at radius 1 is 1.25 bits per heavy atom. The van der Waals surface area contributed by atoms with Crippen molar-refractivity contribution < 1.29 is 14.3 Å². The lowest BCUT2D eigenvalue weighted by Crippen LogP contribution is -2.33. The summed E-state index contributed by atoms with van der Waals surface area (Å²) in [4.78, 5) is 31.9. The average Bonchev–Trinajstić information content (AvgIpc) is 3.65. The van der Waals surface area contributed by atoms with E-state index in [-0.39, 0.29) is 18.0 Å². The molecule has 0 spiro atoms. The highest BCUT2D eigenvalue weighted by molar-refractivity contribution is 7.12. The molecule has 194 valence electrons. The molecule has 0 saturated carbocycles. The number of anilines is 1. The fourth-order valence-electron chi connectivity index (χ4n) is 4.34. The van der Waals surface area contributed by atoms with Crippen molar-refractivity contribution in [1.29, 1.82) is 0 Å². The van der Waals surface area contributed by atoms with Gasteiger partial charge in [0.2, 0.25) is 0 Å². The normalized spacial score (nSPS) is 15.6. The molecule has 10 heteroatoms. The van der Waals surface area contributed by atoms with Crippen LogP contribution >= 0.6 is 11.3 Å². The van der Waals surface area contributed by atoms with Gasteiger partial charge in [0.15, 0.2) is 5.65 Å². The molecule has 1 aliphatic rings. The Bertz CT molecular complexity index is 1170. The van der Waals surface area contributed by atoms with Crippen LogP contribution in [0.4, 0.5) is 10.5 Å². The first-order valence-electron chi connectivity index (χ1n) is 12.9. The molecule has 36 heavy (non-hydrogen) atoms. The zero-order chi connectivity index (χ0) is 25.5. The van der Waals surface area contributed by atoms with Gasteiger partial charge in [-0.25, -0.2) is 14.3 Å². The van der Waals surface area contributed by atoms with Crippen LogP contribution < -0.4 is 10.6 Å². The Morgan fingerprint density at radius 2 is 2.08 bits per heavy atom. The van der Waals surface area contributed by atoms with Gasteiger partial charge >= 0.3 is 6.09 Å².